The first-order valence-corrected chi connectivity index (χ1v) is 8.96. The highest BCUT2D eigenvalue weighted by Crippen LogP contribution is 2.25. The molecule has 2 aromatic heterocycles. The van der Waals surface area contributed by atoms with E-state index in [-0.39, 0.29) is 12.1 Å². The van der Waals surface area contributed by atoms with Crippen molar-refractivity contribution < 1.29 is 9.53 Å². The average Bonchev–Trinajstić information content (AvgIpc) is 3.10. The van der Waals surface area contributed by atoms with E-state index in [2.05, 4.69) is 25.3 Å². The molecule has 2 N–H and O–H groups in total. The van der Waals surface area contributed by atoms with E-state index in [0.717, 1.165) is 12.8 Å². The molecule has 8 nitrogen and oxygen atoms in total. The molecule has 1 fully saturated rings. The van der Waals surface area contributed by atoms with Gasteiger partial charge in [0.25, 0.3) is 0 Å². The number of hydrogen-bond donors (Lipinski definition) is 2. The molecule has 3 heterocycles. The van der Waals surface area contributed by atoms with E-state index in [9.17, 15) is 4.79 Å². The van der Waals surface area contributed by atoms with Crippen molar-refractivity contribution in [3.63, 3.8) is 0 Å². The van der Waals surface area contributed by atoms with Crippen molar-refractivity contribution in [2.75, 3.05) is 18.4 Å². The number of amides is 1. The Labute approximate surface area is 157 Å². The van der Waals surface area contributed by atoms with Crippen LogP contribution in [0.5, 0.6) is 0 Å². The Morgan fingerprint density at radius 2 is 2.08 bits per heavy atom. The largest absolute Gasteiger partial charge is 0.444 e. The summed E-state index contributed by atoms with van der Waals surface area (Å²) in [4.78, 5) is 29.6. The van der Waals surface area contributed by atoms with Gasteiger partial charge >= 0.3 is 6.09 Å². The molecule has 0 atom stereocenters. The first-order chi connectivity index (χ1) is 12.3. The molecule has 0 aliphatic carbocycles. The summed E-state index contributed by atoms with van der Waals surface area (Å²) in [7, 11) is 0. The van der Waals surface area contributed by atoms with Crippen LogP contribution in [0.2, 0.25) is 5.02 Å². The van der Waals surface area contributed by atoms with Gasteiger partial charge in [-0.05, 0) is 33.6 Å². The number of anilines is 1. The third kappa shape index (κ3) is 4.63. The lowest BCUT2D eigenvalue weighted by atomic mass is 10.1. The monoisotopic (exact) mass is 378 g/mol. The van der Waals surface area contributed by atoms with Crippen LogP contribution in [0.1, 0.15) is 33.6 Å². The highest BCUT2D eigenvalue weighted by molar-refractivity contribution is 6.32. The number of aromatic amines is 1. The maximum atomic E-state index is 12.1. The number of imidazole rings is 1. The Balaban J connectivity index is 1.58. The predicted octanol–water partition coefficient (Wildman–Crippen LogP) is 3.33. The maximum absolute atomic E-state index is 12.1. The van der Waals surface area contributed by atoms with E-state index in [1.807, 2.05) is 20.8 Å². The SMILES string of the molecule is CC(C)(C)OC(=O)N1CCC(Nc2ncc(Cl)c(-c3c[nH]cn3)n2)CC1. The molecule has 3 rings (SSSR count). The lowest BCUT2D eigenvalue weighted by molar-refractivity contribution is 0.0210. The Morgan fingerprint density at radius 1 is 1.35 bits per heavy atom. The number of halogens is 1. The summed E-state index contributed by atoms with van der Waals surface area (Å²) in [6, 6.07) is 0.182. The lowest BCUT2D eigenvalue weighted by Crippen LogP contribution is -2.44. The first kappa shape index (κ1) is 18.4. The smallest absolute Gasteiger partial charge is 0.410 e. The van der Waals surface area contributed by atoms with Gasteiger partial charge in [-0.15, -0.1) is 0 Å². The van der Waals surface area contributed by atoms with Gasteiger partial charge < -0.3 is 19.9 Å². The second kappa shape index (κ2) is 7.49. The van der Waals surface area contributed by atoms with Gasteiger partial charge in [-0.3, -0.25) is 0 Å². The Morgan fingerprint density at radius 3 is 2.69 bits per heavy atom. The molecule has 2 aromatic rings. The molecule has 1 aliphatic rings. The van der Waals surface area contributed by atoms with Gasteiger partial charge in [0.15, 0.2) is 0 Å². The molecule has 0 aromatic carbocycles. The van der Waals surface area contributed by atoms with Gasteiger partial charge in [0.1, 0.15) is 17.0 Å². The van der Waals surface area contributed by atoms with Crippen LogP contribution in [0.25, 0.3) is 11.4 Å². The van der Waals surface area contributed by atoms with Gasteiger partial charge in [0.2, 0.25) is 5.95 Å². The van der Waals surface area contributed by atoms with Gasteiger partial charge in [-0.1, -0.05) is 11.6 Å². The normalized spacial score (nSPS) is 15.8. The number of hydrogen-bond acceptors (Lipinski definition) is 6. The number of aromatic nitrogens is 4. The van der Waals surface area contributed by atoms with Crippen molar-refractivity contribution >= 4 is 23.6 Å². The van der Waals surface area contributed by atoms with Crippen LogP contribution < -0.4 is 5.32 Å². The van der Waals surface area contributed by atoms with Crippen LogP contribution in [0.4, 0.5) is 10.7 Å². The average molecular weight is 379 g/mol. The van der Waals surface area contributed by atoms with Gasteiger partial charge in [-0.25, -0.2) is 19.7 Å². The number of nitrogens with zero attached hydrogens (tertiary/aromatic N) is 4. The van der Waals surface area contributed by atoms with E-state index in [0.29, 0.717) is 35.4 Å². The summed E-state index contributed by atoms with van der Waals surface area (Å²) in [6.45, 7) is 6.87. The molecule has 0 bridgehead atoms. The molecule has 140 valence electrons. The molecule has 9 heteroatoms. The third-order valence-corrected chi connectivity index (χ3v) is 4.24. The Bertz CT molecular complexity index is 751. The number of piperidine rings is 1. The standard InChI is InChI=1S/C17H23ClN6O2/c1-17(2,3)26-16(25)24-6-4-11(5-7-24)22-15-20-8-12(18)14(23-15)13-9-19-10-21-13/h8-11H,4-7H2,1-3H3,(H,19,21)(H,20,22,23). The first-order valence-electron chi connectivity index (χ1n) is 8.58. The van der Waals surface area contributed by atoms with E-state index < -0.39 is 5.60 Å². The van der Waals surface area contributed by atoms with Crippen LogP contribution in [0.15, 0.2) is 18.7 Å². The quantitative estimate of drug-likeness (QED) is 0.850. The number of nitrogens with one attached hydrogen (secondary N) is 2. The minimum atomic E-state index is -0.480. The summed E-state index contributed by atoms with van der Waals surface area (Å²) >= 11 is 6.17. The zero-order valence-electron chi connectivity index (χ0n) is 15.1. The molecular formula is C17H23ClN6O2. The molecule has 1 aliphatic heterocycles. The van der Waals surface area contributed by atoms with E-state index in [1.165, 1.54) is 0 Å². The zero-order chi connectivity index (χ0) is 18.7. The maximum Gasteiger partial charge on any atom is 0.410 e. The highest BCUT2D eigenvalue weighted by Gasteiger charge is 2.27. The van der Waals surface area contributed by atoms with Crippen molar-refractivity contribution in [2.45, 2.75) is 45.3 Å². The topological polar surface area (TPSA) is 96.0 Å². The number of rotatable bonds is 3. The van der Waals surface area contributed by atoms with Crippen LogP contribution in [0.3, 0.4) is 0 Å². The third-order valence-electron chi connectivity index (χ3n) is 3.96. The number of carbonyl (C=O) groups excluding carboxylic acids is 1. The molecule has 0 saturated carbocycles. The molecule has 26 heavy (non-hydrogen) atoms. The molecule has 0 spiro atoms. The zero-order valence-corrected chi connectivity index (χ0v) is 15.9. The van der Waals surface area contributed by atoms with Crippen molar-refractivity contribution in [3.05, 3.63) is 23.7 Å². The van der Waals surface area contributed by atoms with E-state index in [4.69, 9.17) is 16.3 Å². The van der Waals surface area contributed by atoms with Crippen molar-refractivity contribution in [2.24, 2.45) is 0 Å². The molecule has 1 amide bonds. The number of carbonyl (C=O) groups is 1. The predicted molar refractivity (Wildman–Crippen MR) is 99.1 cm³/mol. The molecular weight excluding hydrogens is 356 g/mol. The molecule has 1 saturated heterocycles. The van der Waals surface area contributed by atoms with Gasteiger partial charge in [0, 0.05) is 25.3 Å². The van der Waals surface area contributed by atoms with E-state index >= 15 is 0 Å². The minimum Gasteiger partial charge on any atom is -0.444 e. The number of likely N-dealkylation sites (tertiary alicyclic amines) is 1. The summed E-state index contributed by atoms with van der Waals surface area (Å²) in [5.41, 5.74) is 0.767. The summed E-state index contributed by atoms with van der Waals surface area (Å²) < 4.78 is 5.42. The number of H-pyrrole nitrogens is 1. The van der Waals surface area contributed by atoms with Gasteiger partial charge in [0.05, 0.1) is 17.5 Å². The number of ether oxygens (including phenoxy) is 1. The summed E-state index contributed by atoms with van der Waals surface area (Å²) in [5.74, 6) is 0.503. The lowest BCUT2D eigenvalue weighted by Gasteiger charge is -2.33. The Kier molecular flexibility index (Phi) is 5.31. The highest BCUT2D eigenvalue weighted by atomic mass is 35.5. The summed E-state index contributed by atoms with van der Waals surface area (Å²) in [5, 5.41) is 3.77. The van der Waals surface area contributed by atoms with Crippen molar-refractivity contribution in [3.8, 4) is 11.4 Å². The second-order valence-corrected chi connectivity index (χ2v) is 7.64. The fourth-order valence-corrected chi connectivity index (χ4v) is 2.91. The van der Waals surface area contributed by atoms with Crippen molar-refractivity contribution in [1.82, 2.24) is 24.8 Å². The summed E-state index contributed by atoms with van der Waals surface area (Å²) in [6.07, 6.45) is 6.20. The Hall–Kier alpha value is -2.35. The minimum absolute atomic E-state index is 0.182. The fourth-order valence-electron chi connectivity index (χ4n) is 2.72. The van der Waals surface area contributed by atoms with E-state index in [1.54, 1.807) is 23.6 Å². The second-order valence-electron chi connectivity index (χ2n) is 7.23. The molecule has 0 unspecified atom stereocenters. The van der Waals surface area contributed by atoms with Gasteiger partial charge in [-0.2, -0.15) is 0 Å². The van der Waals surface area contributed by atoms with Crippen LogP contribution in [-0.4, -0.2) is 55.7 Å². The van der Waals surface area contributed by atoms with Crippen LogP contribution in [-0.2, 0) is 4.74 Å². The van der Waals surface area contributed by atoms with Crippen LogP contribution >= 0.6 is 11.6 Å². The van der Waals surface area contributed by atoms with Crippen LogP contribution in [0, 0.1) is 0 Å². The molecule has 0 radical (unpaired) electrons. The van der Waals surface area contributed by atoms with Crippen molar-refractivity contribution in [1.29, 1.82) is 0 Å². The fraction of sp³-hybridized carbons (Fsp3) is 0.529.